The van der Waals surface area contributed by atoms with E-state index in [2.05, 4.69) is 10.2 Å². The molecule has 1 heterocycles. The van der Waals surface area contributed by atoms with E-state index in [0.717, 1.165) is 33.7 Å². The predicted octanol–water partition coefficient (Wildman–Crippen LogP) is 2.64. The first kappa shape index (κ1) is 14.1. The number of aromatic nitrogens is 2. The van der Waals surface area contributed by atoms with E-state index >= 15 is 0 Å². The highest BCUT2D eigenvalue weighted by atomic mass is 16.5. The van der Waals surface area contributed by atoms with Crippen molar-refractivity contribution in [2.45, 2.75) is 27.2 Å². The van der Waals surface area contributed by atoms with Crippen molar-refractivity contribution in [3.8, 4) is 17.0 Å². The topological polar surface area (TPSA) is 75.2 Å². The smallest absolute Gasteiger partial charge is 0.309 e. The summed E-state index contributed by atoms with van der Waals surface area (Å²) in [7, 11) is 1.66. The summed E-state index contributed by atoms with van der Waals surface area (Å²) in [5.74, 6) is 0.00607. The molecule has 5 nitrogen and oxygen atoms in total. The molecule has 0 saturated carbocycles. The monoisotopic (exact) mass is 274 g/mol. The van der Waals surface area contributed by atoms with Gasteiger partial charge in [0.25, 0.3) is 0 Å². The number of H-pyrrole nitrogens is 1. The van der Waals surface area contributed by atoms with Gasteiger partial charge in [0.05, 0.1) is 19.2 Å². The molecule has 0 unspecified atom stereocenters. The Morgan fingerprint density at radius 2 is 2.00 bits per heavy atom. The fraction of sp³-hybridized carbons (Fsp3) is 0.333. The molecule has 20 heavy (non-hydrogen) atoms. The summed E-state index contributed by atoms with van der Waals surface area (Å²) < 4.78 is 5.40. The SMILES string of the molecule is COc1c(C)cc(-c2cc(CC(=O)O)[nH]n2)c(C)c1C. The van der Waals surface area contributed by atoms with Gasteiger partial charge in [0.15, 0.2) is 0 Å². The fourth-order valence-corrected chi connectivity index (χ4v) is 2.39. The van der Waals surface area contributed by atoms with Crippen molar-refractivity contribution in [3.63, 3.8) is 0 Å². The van der Waals surface area contributed by atoms with Crippen LogP contribution in [0.3, 0.4) is 0 Å². The first-order chi connectivity index (χ1) is 9.43. The van der Waals surface area contributed by atoms with Crippen LogP contribution in [0.5, 0.6) is 5.75 Å². The summed E-state index contributed by atoms with van der Waals surface area (Å²) in [6, 6.07) is 3.80. The van der Waals surface area contributed by atoms with Crippen molar-refractivity contribution >= 4 is 5.97 Å². The Kier molecular flexibility index (Phi) is 3.79. The molecule has 5 heteroatoms. The van der Waals surface area contributed by atoms with Gasteiger partial charge in [0, 0.05) is 11.3 Å². The molecule has 0 amide bonds. The van der Waals surface area contributed by atoms with E-state index in [-0.39, 0.29) is 6.42 Å². The number of nitrogens with one attached hydrogen (secondary N) is 1. The number of benzene rings is 1. The highest BCUT2D eigenvalue weighted by Crippen LogP contribution is 2.33. The van der Waals surface area contributed by atoms with Gasteiger partial charge in [-0.2, -0.15) is 5.10 Å². The third-order valence-electron chi connectivity index (χ3n) is 3.48. The zero-order valence-corrected chi connectivity index (χ0v) is 12.1. The molecule has 0 aliphatic heterocycles. The number of carboxylic acids is 1. The van der Waals surface area contributed by atoms with Gasteiger partial charge >= 0.3 is 5.97 Å². The Morgan fingerprint density at radius 3 is 2.60 bits per heavy atom. The summed E-state index contributed by atoms with van der Waals surface area (Å²) in [4.78, 5) is 10.7. The lowest BCUT2D eigenvalue weighted by atomic mass is 9.96. The number of carboxylic acid groups (broad SMARTS) is 1. The first-order valence-electron chi connectivity index (χ1n) is 6.35. The number of hydrogen-bond acceptors (Lipinski definition) is 3. The number of aryl methyl sites for hydroxylation is 1. The lowest BCUT2D eigenvalue weighted by Crippen LogP contribution is -1.99. The van der Waals surface area contributed by atoms with Gasteiger partial charge in [0.2, 0.25) is 0 Å². The summed E-state index contributed by atoms with van der Waals surface area (Å²) in [5.41, 5.74) is 5.54. The van der Waals surface area contributed by atoms with Crippen LogP contribution < -0.4 is 4.74 Å². The first-order valence-corrected chi connectivity index (χ1v) is 6.35. The molecular weight excluding hydrogens is 256 g/mol. The minimum atomic E-state index is -0.876. The van der Waals surface area contributed by atoms with Crippen LogP contribution in [-0.4, -0.2) is 28.4 Å². The number of hydrogen-bond donors (Lipinski definition) is 2. The fourth-order valence-electron chi connectivity index (χ4n) is 2.39. The summed E-state index contributed by atoms with van der Waals surface area (Å²) >= 11 is 0. The number of aromatic amines is 1. The second-order valence-corrected chi connectivity index (χ2v) is 4.87. The summed E-state index contributed by atoms with van der Waals surface area (Å²) in [5, 5.41) is 15.8. The molecule has 1 aromatic heterocycles. The van der Waals surface area contributed by atoms with Crippen LogP contribution in [0, 0.1) is 20.8 Å². The van der Waals surface area contributed by atoms with Crippen LogP contribution in [0.4, 0.5) is 0 Å². The zero-order valence-electron chi connectivity index (χ0n) is 12.1. The molecule has 0 bridgehead atoms. The second kappa shape index (κ2) is 5.36. The van der Waals surface area contributed by atoms with Crippen molar-refractivity contribution in [2.75, 3.05) is 7.11 Å². The van der Waals surface area contributed by atoms with Crippen molar-refractivity contribution in [1.82, 2.24) is 10.2 Å². The third-order valence-corrected chi connectivity index (χ3v) is 3.48. The molecule has 0 radical (unpaired) electrons. The van der Waals surface area contributed by atoms with Crippen molar-refractivity contribution in [1.29, 1.82) is 0 Å². The van der Waals surface area contributed by atoms with Crippen molar-refractivity contribution < 1.29 is 14.6 Å². The van der Waals surface area contributed by atoms with Crippen LogP contribution in [-0.2, 0) is 11.2 Å². The molecule has 1 aromatic carbocycles. The Bertz CT molecular complexity index is 659. The standard InChI is InChI=1S/C15H18N2O3/c1-8-5-12(9(2)10(3)15(8)20-4)13-6-11(16-17-13)7-14(18)19/h5-6H,7H2,1-4H3,(H,16,17)(H,18,19). The highest BCUT2D eigenvalue weighted by Gasteiger charge is 2.14. The average Bonchev–Trinajstić information content (AvgIpc) is 2.82. The number of methoxy groups -OCH3 is 1. The second-order valence-electron chi connectivity index (χ2n) is 4.87. The highest BCUT2D eigenvalue weighted by molar-refractivity contribution is 5.72. The maximum Gasteiger partial charge on any atom is 0.309 e. The Balaban J connectivity index is 2.48. The molecule has 0 aliphatic carbocycles. The van der Waals surface area contributed by atoms with Crippen molar-refractivity contribution in [3.05, 3.63) is 34.5 Å². The van der Waals surface area contributed by atoms with Crippen LogP contribution >= 0.6 is 0 Å². The van der Waals surface area contributed by atoms with Gasteiger partial charge in [-0.3, -0.25) is 9.89 Å². The van der Waals surface area contributed by atoms with E-state index in [1.165, 1.54) is 0 Å². The van der Waals surface area contributed by atoms with Crippen LogP contribution in [0.1, 0.15) is 22.4 Å². The largest absolute Gasteiger partial charge is 0.496 e. The van der Waals surface area contributed by atoms with Gasteiger partial charge in [-0.25, -0.2) is 0 Å². The quantitative estimate of drug-likeness (QED) is 0.898. The normalized spacial score (nSPS) is 10.6. The molecule has 0 saturated heterocycles. The molecule has 0 atom stereocenters. The van der Waals surface area contributed by atoms with E-state index in [4.69, 9.17) is 9.84 Å². The number of ether oxygens (including phenoxy) is 1. The van der Waals surface area contributed by atoms with Crippen LogP contribution in [0.25, 0.3) is 11.3 Å². The lowest BCUT2D eigenvalue weighted by Gasteiger charge is -2.14. The molecule has 0 spiro atoms. The molecule has 2 N–H and O–H groups in total. The van der Waals surface area contributed by atoms with E-state index in [0.29, 0.717) is 5.69 Å². The maximum absolute atomic E-state index is 10.7. The zero-order chi connectivity index (χ0) is 14.9. The Morgan fingerprint density at radius 1 is 1.30 bits per heavy atom. The molecule has 0 fully saturated rings. The minimum absolute atomic E-state index is 0.0554. The Labute approximate surface area is 117 Å². The maximum atomic E-state index is 10.7. The number of nitrogens with zero attached hydrogens (tertiary/aromatic N) is 1. The summed E-state index contributed by atoms with van der Waals surface area (Å²) in [6.45, 7) is 6.01. The van der Waals surface area contributed by atoms with E-state index in [1.54, 1.807) is 13.2 Å². The number of carbonyl (C=O) groups is 1. The van der Waals surface area contributed by atoms with Crippen LogP contribution in [0.15, 0.2) is 12.1 Å². The molecule has 106 valence electrons. The van der Waals surface area contributed by atoms with E-state index in [9.17, 15) is 4.79 Å². The average molecular weight is 274 g/mol. The molecule has 2 aromatic rings. The molecular formula is C15H18N2O3. The van der Waals surface area contributed by atoms with Gasteiger partial charge in [-0.15, -0.1) is 0 Å². The summed E-state index contributed by atoms with van der Waals surface area (Å²) in [6.07, 6.45) is -0.0554. The Hall–Kier alpha value is -2.30. The molecule has 0 aliphatic rings. The van der Waals surface area contributed by atoms with Gasteiger partial charge < -0.3 is 9.84 Å². The van der Waals surface area contributed by atoms with E-state index in [1.807, 2.05) is 26.8 Å². The predicted molar refractivity (Wildman–Crippen MR) is 76.1 cm³/mol. The minimum Gasteiger partial charge on any atom is -0.496 e. The third kappa shape index (κ3) is 2.52. The molecule has 2 rings (SSSR count). The van der Waals surface area contributed by atoms with Gasteiger partial charge in [-0.1, -0.05) is 0 Å². The van der Waals surface area contributed by atoms with E-state index < -0.39 is 5.97 Å². The lowest BCUT2D eigenvalue weighted by molar-refractivity contribution is -0.136. The number of rotatable bonds is 4. The van der Waals surface area contributed by atoms with Gasteiger partial charge in [-0.05, 0) is 49.6 Å². The van der Waals surface area contributed by atoms with Gasteiger partial charge in [0.1, 0.15) is 5.75 Å². The van der Waals surface area contributed by atoms with Crippen molar-refractivity contribution in [2.24, 2.45) is 0 Å². The number of aliphatic carboxylic acids is 1. The van der Waals surface area contributed by atoms with Crippen LogP contribution in [0.2, 0.25) is 0 Å².